The van der Waals surface area contributed by atoms with Gasteiger partial charge >= 0.3 is 0 Å². The van der Waals surface area contributed by atoms with Gasteiger partial charge < -0.3 is 10.5 Å². The maximum absolute atomic E-state index is 13.4. The predicted octanol–water partition coefficient (Wildman–Crippen LogP) is 3.21. The topological polar surface area (TPSA) is 35.2 Å². The summed E-state index contributed by atoms with van der Waals surface area (Å²) in [6.07, 6.45) is 0. The molecule has 0 saturated heterocycles. The Balaban J connectivity index is 1.99. The van der Waals surface area contributed by atoms with E-state index in [0.717, 1.165) is 11.3 Å². The summed E-state index contributed by atoms with van der Waals surface area (Å²) >= 11 is 0. The van der Waals surface area contributed by atoms with Gasteiger partial charge in [-0.15, -0.1) is 0 Å². The van der Waals surface area contributed by atoms with Gasteiger partial charge in [-0.1, -0.05) is 30.3 Å². The molecule has 0 aliphatic heterocycles. The first-order valence-electron chi connectivity index (χ1n) is 5.86. The molecule has 0 radical (unpaired) electrons. The van der Waals surface area contributed by atoms with Crippen molar-refractivity contribution < 1.29 is 9.13 Å². The molecule has 18 heavy (non-hydrogen) atoms. The van der Waals surface area contributed by atoms with Crippen LogP contribution in [-0.4, -0.2) is 6.61 Å². The Morgan fingerprint density at radius 1 is 1.17 bits per heavy atom. The molecule has 94 valence electrons. The second kappa shape index (κ2) is 5.65. The molecule has 2 aromatic rings. The van der Waals surface area contributed by atoms with Crippen molar-refractivity contribution in [2.24, 2.45) is 5.73 Å². The van der Waals surface area contributed by atoms with Crippen LogP contribution in [0.4, 0.5) is 4.39 Å². The zero-order chi connectivity index (χ0) is 13.0. The molecule has 0 amide bonds. The summed E-state index contributed by atoms with van der Waals surface area (Å²) < 4.78 is 19.0. The molecule has 1 unspecified atom stereocenters. The Labute approximate surface area is 106 Å². The van der Waals surface area contributed by atoms with E-state index in [-0.39, 0.29) is 11.9 Å². The number of hydrogen-bond donors (Lipinski definition) is 1. The number of halogens is 1. The summed E-state index contributed by atoms with van der Waals surface area (Å²) in [4.78, 5) is 0. The molecule has 2 nitrogen and oxygen atoms in total. The van der Waals surface area contributed by atoms with E-state index in [0.29, 0.717) is 12.2 Å². The van der Waals surface area contributed by atoms with Gasteiger partial charge in [0, 0.05) is 0 Å². The minimum Gasteiger partial charge on any atom is -0.492 e. The highest BCUT2D eigenvalue weighted by Crippen LogP contribution is 2.17. The largest absolute Gasteiger partial charge is 0.492 e. The minimum absolute atomic E-state index is 0.234. The molecule has 3 heteroatoms. The van der Waals surface area contributed by atoms with E-state index in [1.54, 1.807) is 13.0 Å². The van der Waals surface area contributed by atoms with Gasteiger partial charge in [0.2, 0.25) is 0 Å². The van der Waals surface area contributed by atoms with Crippen LogP contribution in [0.5, 0.6) is 5.75 Å². The molecule has 0 bridgehead atoms. The Morgan fingerprint density at radius 3 is 2.56 bits per heavy atom. The van der Waals surface area contributed by atoms with Crippen LogP contribution < -0.4 is 10.5 Å². The van der Waals surface area contributed by atoms with Gasteiger partial charge in [0.1, 0.15) is 18.2 Å². The Hall–Kier alpha value is -1.87. The van der Waals surface area contributed by atoms with Crippen molar-refractivity contribution in [3.63, 3.8) is 0 Å². The quantitative estimate of drug-likeness (QED) is 0.897. The Bertz CT molecular complexity index is 513. The summed E-state index contributed by atoms with van der Waals surface area (Å²) in [5.41, 5.74) is 7.33. The van der Waals surface area contributed by atoms with Crippen LogP contribution >= 0.6 is 0 Å². The minimum atomic E-state index is -0.333. The molecule has 2 aromatic carbocycles. The number of benzene rings is 2. The molecule has 2 rings (SSSR count). The molecule has 1 atom stereocenters. The first-order chi connectivity index (χ1) is 8.66. The number of aryl methyl sites for hydroxylation is 1. The fourth-order valence-electron chi connectivity index (χ4n) is 1.64. The highest BCUT2D eigenvalue weighted by Gasteiger charge is 2.09. The number of para-hydroxylation sites is 1. The lowest BCUT2D eigenvalue weighted by molar-refractivity contribution is 0.290. The van der Waals surface area contributed by atoms with Crippen molar-refractivity contribution in [1.29, 1.82) is 0 Å². The van der Waals surface area contributed by atoms with Crippen LogP contribution in [0.25, 0.3) is 0 Å². The summed E-state index contributed by atoms with van der Waals surface area (Å²) in [6, 6.07) is 14.1. The first-order valence-corrected chi connectivity index (χ1v) is 5.86. The molecule has 0 heterocycles. The second-order valence-electron chi connectivity index (χ2n) is 4.24. The molecule has 2 N–H and O–H groups in total. The van der Waals surface area contributed by atoms with Crippen molar-refractivity contribution in [3.8, 4) is 5.75 Å². The third-order valence-corrected chi connectivity index (χ3v) is 2.80. The number of ether oxygens (including phenoxy) is 1. The molecule has 0 fully saturated rings. The van der Waals surface area contributed by atoms with Crippen LogP contribution in [0.15, 0.2) is 48.5 Å². The highest BCUT2D eigenvalue weighted by molar-refractivity contribution is 5.26. The third-order valence-electron chi connectivity index (χ3n) is 2.80. The lowest BCUT2D eigenvalue weighted by atomic mass is 10.1. The van der Waals surface area contributed by atoms with Crippen molar-refractivity contribution >= 4 is 0 Å². The van der Waals surface area contributed by atoms with Crippen molar-refractivity contribution in [2.45, 2.75) is 13.0 Å². The Morgan fingerprint density at radius 2 is 1.89 bits per heavy atom. The zero-order valence-corrected chi connectivity index (χ0v) is 10.3. The summed E-state index contributed by atoms with van der Waals surface area (Å²) in [7, 11) is 0. The monoisotopic (exact) mass is 245 g/mol. The van der Waals surface area contributed by atoms with Crippen LogP contribution in [0.3, 0.4) is 0 Å². The van der Waals surface area contributed by atoms with E-state index >= 15 is 0 Å². The van der Waals surface area contributed by atoms with E-state index in [1.807, 2.05) is 36.4 Å². The SMILES string of the molecule is Cc1ccc(C(N)COc2ccccc2)cc1F. The van der Waals surface area contributed by atoms with Crippen molar-refractivity contribution in [3.05, 3.63) is 65.5 Å². The maximum atomic E-state index is 13.4. The zero-order valence-electron chi connectivity index (χ0n) is 10.3. The van der Waals surface area contributed by atoms with E-state index in [2.05, 4.69) is 0 Å². The van der Waals surface area contributed by atoms with E-state index < -0.39 is 0 Å². The third kappa shape index (κ3) is 3.08. The van der Waals surface area contributed by atoms with Crippen molar-refractivity contribution in [1.82, 2.24) is 0 Å². The maximum Gasteiger partial charge on any atom is 0.126 e. The Kier molecular flexibility index (Phi) is 3.95. The molecule has 0 spiro atoms. The van der Waals surface area contributed by atoms with Gasteiger partial charge in [0.25, 0.3) is 0 Å². The summed E-state index contributed by atoms with van der Waals surface area (Å²) in [5, 5.41) is 0. The van der Waals surface area contributed by atoms with E-state index in [1.165, 1.54) is 6.07 Å². The van der Waals surface area contributed by atoms with Gasteiger partial charge in [-0.3, -0.25) is 0 Å². The van der Waals surface area contributed by atoms with Gasteiger partial charge in [0.15, 0.2) is 0 Å². The lowest BCUT2D eigenvalue weighted by Crippen LogP contribution is -2.19. The van der Waals surface area contributed by atoms with Crippen LogP contribution in [0.1, 0.15) is 17.2 Å². The lowest BCUT2D eigenvalue weighted by Gasteiger charge is -2.14. The molecule has 0 aliphatic carbocycles. The van der Waals surface area contributed by atoms with E-state index in [9.17, 15) is 4.39 Å². The smallest absolute Gasteiger partial charge is 0.126 e. The summed E-state index contributed by atoms with van der Waals surface area (Å²) in [6.45, 7) is 2.05. The average molecular weight is 245 g/mol. The van der Waals surface area contributed by atoms with Crippen LogP contribution in [0.2, 0.25) is 0 Å². The van der Waals surface area contributed by atoms with Gasteiger partial charge in [-0.05, 0) is 36.2 Å². The second-order valence-corrected chi connectivity index (χ2v) is 4.24. The highest BCUT2D eigenvalue weighted by atomic mass is 19.1. The molecule has 0 aromatic heterocycles. The van der Waals surface area contributed by atoms with E-state index in [4.69, 9.17) is 10.5 Å². The van der Waals surface area contributed by atoms with Gasteiger partial charge in [-0.2, -0.15) is 0 Å². The molecule has 0 saturated carbocycles. The normalized spacial score (nSPS) is 12.2. The van der Waals surface area contributed by atoms with Crippen LogP contribution in [-0.2, 0) is 0 Å². The number of hydrogen-bond acceptors (Lipinski definition) is 2. The molecular weight excluding hydrogens is 229 g/mol. The number of rotatable bonds is 4. The average Bonchev–Trinajstić information content (AvgIpc) is 2.40. The first kappa shape index (κ1) is 12.6. The summed E-state index contributed by atoms with van der Waals surface area (Å²) in [5.74, 6) is 0.531. The fraction of sp³-hybridized carbons (Fsp3) is 0.200. The standard InChI is InChI=1S/C15H16FNO/c1-11-7-8-12(9-14(11)16)15(17)10-18-13-5-3-2-4-6-13/h2-9,15H,10,17H2,1H3. The molecule has 0 aliphatic rings. The molecular formula is C15H16FNO. The van der Waals surface area contributed by atoms with Crippen LogP contribution in [0, 0.1) is 12.7 Å². The van der Waals surface area contributed by atoms with Gasteiger partial charge in [0.05, 0.1) is 6.04 Å². The van der Waals surface area contributed by atoms with Crippen molar-refractivity contribution in [2.75, 3.05) is 6.61 Å². The number of nitrogens with two attached hydrogens (primary N) is 1. The van der Waals surface area contributed by atoms with Gasteiger partial charge in [-0.25, -0.2) is 4.39 Å². The fourth-order valence-corrected chi connectivity index (χ4v) is 1.64. The predicted molar refractivity (Wildman–Crippen MR) is 70.0 cm³/mol.